The molecule has 4 heteroatoms. The molecule has 1 aliphatic carbocycles. The molecule has 7 aromatic carbocycles. The van der Waals surface area contributed by atoms with E-state index in [9.17, 15) is 8.42 Å². The Hall–Kier alpha value is -6.23. The first kappa shape index (κ1) is 30.8. The third kappa shape index (κ3) is 4.91. The summed E-state index contributed by atoms with van der Waals surface area (Å²) < 4.78 is 27.4. The standard InChI is InChI=1S/C47H33NO2S/c49-51(50)45(34-15-5-1-6-16-34)31-32-46(51)35-25-27-39(28-26-35)48(38-21-11-4-12-22-38)40-29-30-42-41-23-13-14-24-43(41)47(44(42)33-40,36-17-7-2-8-18-36)37-19-9-3-10-20-37/h1-33H. The zero-order chi connectivity index (χ0) is 34.4. The summed E-state index contributed by atoms with van der Waals surface area (Å²) >= 11 is 0. The van der Waals surface area contributed by atoms with Crippen LogP contribution in [-0.2, 0) is 15.3 Å². The van der Waals surface area contributed by atoms with E-state index < -0.39 is 15.3 Å². The van der Waals surface area contributed by atoms with Gasteiger partial charge in [-0.25, -0.2) is 8.42 Å². The molecule has 0 N–H and O–H groups in total. The molecule has 0 radical (unpaired) electrons. The van der Waals surface area contributed by atoms with E-state index in [-0.39, 0.29) is 0 Å². The molecule has 0 spiro atoms. The average molecular weight is 676 g/mol. The van der Waals surface area contributed by atoms with E-state index in [1.165, 1.54) is 33.4 Å². The first-order valence-corrected chi connectivity index (χ1v) is 18.6. The van der Waals surface area contributed by atoms with Gasteiger partial charge in [-0.2, -0.15) is 0 Å². The van der Waals surface area contributed by atoms with E-state index in [1.54, 1.807) is 12.2 Å². The number of allylic oxidation sites excluding steroid dienone is 2. The second kappa shape index (κ2) is 12.3. The summed E-state index contributed by atoms with van der Waals surface area (Å²) in [6, 6.07) is 64.7. The Kier molecular flexibility index (Phi) is 7.41. The van der Waals surface area contributed by atoms with Gasteiger partial charge >= 0.3 is 0 Å². The van der Waals surface area contributed by atoms with Crippen LogP contribution in [0.1, 0.15) is 33.4 Å². The van der Waals surface area contributed by atoms with Crippen molar-refractivity contribution in [3.05, 3.63) is 234 Å². The van der Waals surface area contributed by atoms with E-state index in [0.717, 1.165) is 17.1 Å². The minimum Gasteiger partial charge on any atom is -0.310 e. The third-order valence-electron chi connectivity index (χ3n) is 10.1. The van der Waals surface area contributed by atoms with Crippen molar-refractivity contribution in [2.75, 3.05) is 4.90 Å². The van der Waals surface area contributed by atoms with Gasteiger partial charge in [0.2, 0.25) is 9.84 Å². The average Bonchev–Trinajstić information content (AvgIpc) is 3.67. The van der Waals surface area contributed by atoms with Crippen molar-refractivity contribution >= 4 is 36.7 Å². The molecule has 0 fully saturated rings. The summed E-state index contributed by atoms with van der Waals surface area (Å²) in [5.41, 5.74) is 11.1. The van der Waals surface area contributed by atoms with E-state index in [4.69, 9.17) is 0 Å². The number of hydrogen-bond donors (Lipinski definition) is 0. The van der Waals surface area contributed by atoms with Crippen LogP contribution in [0, 0.1) is 0 Å². The minimum atomic E-state index is -3.66. The Bertz CT molecular complexity index is 2520. The van der Waals surface area contributed by atoms with Crippen LogP contribution in [0.5, 0.6) is 0 Å². The highest BCUT2D eigenvalue weighted by Gasteiger charge is 2.46. The van der Waals surface area contributed by atoms with Crippen LogP contribution in [-0.4, -0.2) is 8.42 Å². The summed E-state index contributed by atoms with van der Waals surface area (Å²) in [5, 5.41) is 0. The second-order valence-electron chi connectivity index (χ2n) is 12.9. The molecule has 244 valence electrons. The van der Waals surface area contributed by atoms with Crippen LogP contribution in [0.25, 0.3) is 20.9 Å². The SMILES string of the molecule is O=S1(=O)C(c2ccccc2)=CC=C1c1ccc(N(c2ccccc2)c2ccc3c(c2)C(c2ccccc2)(c2ccccc2)c2ccccc2-3)cc1. The largest absolute Gasteiger partial charge is 0.310 e. The molecule has 0 saturated heterocycles. The third-order valence-corrected chi connectivity index (χ3v) is 12.0. The number of sulfone groups is 1. The van der Waals surface area contributed by atoms with Gasteiger partial charge in [-0.05, 0) is 93.1 Å². The maximum Gasteiger partial charge on any atom is 0.207 e. The molecule has 0 unspecified atom stereocenters. The van der Waals surface area contributed by atoms with Crippen LogP contribution in [0.4, 0.5) is 17.1 Å². The Morgan fingerprint density at radius 3 is 1.45 bits per heavy atom. The Morgan fingerprint density at radius 2 is 0.843 bits per heavy atom. The van der Waals surface area contributed by atoms with Crippen molar-refractivity contribution in [2.24, 2.45) is 0 Å². The molecule has 0 atom stereocenters. The van der Waals surface area contributed by atoms with Crippen LogP contribution >= 0.6 is 0 Å². The summed E-state index contributed by atoms with van der Waals surface area (Å²) in [5.74, 6) is 0. The van der Waals surface area contributed by atoms with Gasteiger partial charge in [0.05, 0.1) is 15.2 Å². The fraction of sp³-hybridized carbons (Fsp3) is 0.0213. The fourth-order valence-electron chi connectivity index (χ4n) is 7.92. The number of nitrogens with zero attached hydrogens (tertiary/aromatic N) is 1. The molecule has 0 amide bonds. The van der Waals surface area contributed by atoms with Crippen molar-refractivity contribution in [2.45, 2.75) is 5.41 Å². The predicted molar refractivity (Wildman–Crippen MR) is 210 cm³/mol. The Labute approximate surface area is 299 Å². The number of para-hydroxylation sites is 1. The minimum absolute atomic E-state index is 0.310. The molecular weight excluding hydrogens is 643 g/mol. The van der Waals surface area contributed by atoms with Crippen molar-refractivity contribution < 1.29 is 8.42 Å². The second-order valence-corrected chi connectivity index (χ2v) is 14.8. The highest BCUT2D eigenvalue weighted by Crippen LogP contribution is 2.57. The van der Waals surface area contributed by atoms with Crippen molar-refractivity contribution in [1.29, 1.82) is 0 Å². The summed E-state index contributed by atoms with van der Waals surface area (Å²) in [7, 11) is -3.66. The molecule has 51 heavy (non-hydrogen) atoms. The van der Waals surface area contributed by atoms with Gasteiger partial charge < -0.3 is 4.90 Å². The van der Waals surface area contributed by atoms with Crippen LogP contribution in [0.3, 0.4) is 0 Å². The molecule has 9 rings (SSSR count). The van der Waals surface area contributed by atoms with E-state index >= 15 is 0 Å². The van der Waals surface area contributed by atoms with Crippen molar-refractivity contribution in [3.8, 4) is 11.1 Å². The lowest BCUT2D eigenvalue weighted by atomic mass is 9.67. The number of rotatable bonds is 7. The maximum absolute atomic E-state index is 13.7. The number of hydrogen-bond acceptors (Lipinski definition) is 3. The molecule has 7 aromatic rings. The Balaban J connectivity index is 1.19. The number of benzene rings is 7. The maximum atomic E-state index is 13.7. The molecule has 0 bridgehead atoms. The van der Waals surface area contributed by atoms with Gasteiger partial charge in [-0.1, -0.05) is 152 Å². The Morgan fingerprint density at radius 1 is 0.392 bits per heavy atom. The smallest absolute Gasteiger partial charge is 0.207 e. The lowest BCUT2D eigenvalue weighted by Crippen LogP contribution is -2.28. The lowest BCUT2D eigenvalue weighted by molar-refractivity contribution is 0.615. The first-order chi connectivity index (χ1) is 25.1. The first-order valence-electron chi connectivity index (χ1n) is 17.1. The predicted octanol–water partition coefficient (Wildman–Crippen LogP) is 11.3. The zero-order valence-electron chi connectivity index (χ0n) is 27.7. The molecule has 2 aliphatic rings. The van der Waals surface area contributed by atoms with Gasteiger partial charge in [-0.15, -0.1) is 0 Å². The number of anilines is 3. The van der Waals surface area contributed by atoms with Gasteiger partial charge in [0.25, 0.3) is 0 Å². The topological polar surface area (TPSA) is 37.4 Å². The quantitative estimate of drug-likeness (QED) is 0.169. The van der Waals surface area contributed by atoms with Crippen molar-refractivity contribution in [1.82, 2.24) is 0 Å². The van der Waals surface area contributed by atoms with Crippen molar-refractivity contribution in [3.63, 3.8) is 0 Å². The van der Waals surface area contributed by atoms with Crippen LogP contribution < -0.4 is 4.90 Å². The van der Waals surface area contributed by atoms with E-state index in [2.05, 4.69) is 120 Å². The fourth-order valence-corrected chi connectivity index (χ4v) is 9.55. The molecule has 0 saturated carbocycles. The molecule has 0 aromatic heterocycles. The van der Waals surface area contributed by atoms with Gasteiger partial charge in [-0.3, -0.25) is 0 Å². The highest BCUT2D eigenvalue weighted by atomic mass is 32.2. The summed E-state index contributed by atoms with van der Waals surface area (Å²) in [6.07, 6.45) is 3.42. The summed E-state index contributed by atoms with van der Waals surface area (Å²) in [4.78, 5) is 2.89. The van der Waals surface area contributed by atoms with Gasteiger partial charge in [0.15, 0.2) is 0 Å². The molecule has 1 heterocycles. The normalized spacial score (nSPS) is 15.0. The molecular formula is C47H33NO2S. The monoisotopic (exact) mass is 675 g/mol. The van der Waals surface area contributed by atoms with Gasteiger partial charge in [0, 0.05) is 17.1 Å². The number of fused-ring (bicyclic) bond motifs is 3. The van der Waals surface area contributed by atoms with Gasteiger partial charge in [0.1, 0.15) is 0 Å². The molecule has 3 nitrogen and oxygen atoms in total. The van der Waals surface area contributed by atoms with E-state index in [0.29, 0.717) is 20.9 Å². The van der Waals surface area contributed by atoms with E-state index in [1.807, 2.05) is 72.8 Å². The van der Waals surface area contributed by atoms with Crippen LogP contribution in [0.2, 0.25) is 0 Å². The molecule has 1 aliphatic heterocycles. The van der Waals surface area contributed by atoms with Crippen LogP contribution in [0.15, 0.2) is 200 Å². The highest BCUT2D eigenvalue weighted by molar-refractivity contribution is 8.09. The summed E-state index contributed by atoms with van der Waals surface area (Å²) in [6.45, 7) is 0. The zero-order valence-corrected chi connectivity index (χ0v) is 28.5. The lowest BCUT2D eigenvalue weighted by Gasteiger charge is -2.35.